The van der Waals surface area contributed by atoms with Gasteiger partial charge in [-0.25, -0.2) is 0 Å². The minimum atomic E-state index is -0.545. The SMILES string of the molecule is C#CCCOc1c(Cl)cccc1[N+](=O)[O-]. The molecule has 1 aromatic carbocycles. The van der Waals surface area contributed by atoms with Crippen LogP contribution < -0.4 is 4.74 Å². The third-order valence-corrected chi connectivity index (χ3v) is 1.93. The molecule has 0 aliphatic rings. The zero-order valence-electron chi connectivity index (χ0n) is 7.77. The molecule has 0 atom stereocenters. The molecule has 0 aromatic heterocycles. The second-order valence-electron chi connectivity index (χ2n) is 2.65. The highest BCUT2D eigenvalue weighted by Gasteiger charge is 2.17. The molecule has 0 aliphatic heterocycles. The Morgan fingerprint density at radius 3 is 2.93 bits per heavy atom. The van der Waals surface area contributed by atoms with Crippen LogP contribution in [0.25, 0.3) is 0 Å². The van der Waals surface area contributed by atoms with Gasteiger partial charge in [-0.3, -0.25) is 10.1 Å². The third kappa shape index (κ3) is 2.86. The van der Waals surface area contributed by atoms with Crippen molar-refractivity contribution in [3.05, 3.63) is 33.3 Å². The Morgan fingerprint density at radius 2 is 2.33 bits per heavy atom. The smallest absolute Gasteiger partial charge is 0.312 e. The summed E-state index contributed by atoms with van der Waals surface area (Å²) in [7, 11) is 0. The fraction of sp³-hybridized carbons (Fsp3) is 0.200. The maximum absolute atomic E-state index is 10.6. The zero-order valence-corrected chi connectivity index (χ0v) is 8.53. The van der Waals surface area contributed by atoms with Crippen molar-refractivity contribution < 1.29 is 9.66 Å². The average Bonchev–Trinajstić information content (AvgIpc) is 2.20. The molecule has 0 aliphatic carbocycles. The molecule has 1 rings (SSSR count). The van der Waals surface area contributed by atoms with Crippen molar-refractivity contribution >= 4 is 17.3 Å². The van der Waals surface area contributed by atoms with E-state index in [9.17, 15) is 10.1 Å². The van der Waals surface area contributed by atoms with Crippen LogP contribution in [-0.2, 0) is 0 Å². The molecule has 0 bridgehead atoms. The van der Waals surface area contributed by atoms with E-state index in [2.05, 4.69) is 5.92 Å². The van der Waals surface area contributed by atoms with Crippen LogP contribution in [0.3, 0.4) is 0 Å². The van der Waals surface area contributed by atoms with Crippen LogP contribution in [0.4, 0.5) is 5.69 Å². The second-order valence-corrected chi connectivity index (χ2v) is 3.05. The standard InChI is InChI=1S/C10H8ClNO3/c1-2-3-7-15-10-8(11)5-4-6-9(10)12(13)14/h1,4-6H,3,7H2. The van der Waals surface area contributed by atoms with Crippen molar-refractivity contribution in [3.63, 3.8) is 0 Å². The molecular formula is C10H8ClNO3. The lowest BCUT2D eigenvalue weighted by molar-refractivity contribution is -0.385. The molecule has 0 radical (unpaired) electrons. The predicted octanol–water partition coefficient (Wildman–Crippen LogP) is 2.65. The lowest BCUT2D eigenvalue weighted by Gasteiger charge is -2.06. The van der Waals surface area contributed by atoms with Crippen molar-refractivity contribution in [2.45, 2.75) is 6.42 Å². The first kappa shape index (κ1) is 11.3. The molecule has 0 unspecified atom stereocenters. The normalized spacial score (nSPS) is 9.33. The lowest BCUT2D eigenvalue weighted by Crippen LogP contribution is -2.00. The summed E-state index contributed by atoms with van der Waals surface area (Å²) in [6.45, 7) is 0.209. The Morgan fingerprint density at radius 1 is 1.60 bits per heavy atom. The summed E-state index contributed by atoms with van der Waals surface area (Å²) in [5, 5.41) is 10.8. The van der Waals surface area contributed by atoms with Crippen LogP contribution in [-0.4, -0.2) is 11.5 Å². The highest BCUT2D eigenvalue weighted by Crippen LogP contribution is 2.34. The fourth-order valence-corrected chi connectivity index (χ4v) is 1.22. The van der Waals surface area contributed by atoms with E-state index in [4.69, 9.17) is 22.8 Å². The number of rotatable bonds is 4. The van der Waals surface area contributed by atoms with Gasteiger partial charge in [0.05, 0.1) is 16.6 Å². The molecule has 0 heterocycles. The first-order valence-electron chi connectivity index (χ1n) is 4.16. The summed E-state index contributed by atoms with van der Waals surface area (Å²) in [4.78, 5) is 10.1. The molecule has 0 saturated heterocycles. The first-order chi connectivity index (χ1) is 7.16. The summed E-state index contributed by atoms with van der Waals surface area (Å²) < 4.78 is 5.15. The Balaban J connectivity index is 2.93. The number of nitrogens with zero attached hydrogens (tertiary/aromatic N) is 1. The number of nitro groups is 1. The minimum absolute atomic E-state index is 0.0689. The topological polar surface area (TPSA) is 52.4 Å². The zero-order chi connectivity index (χ0) is 11.3. The number of benzene rings is 1. The van der Waals surface area contributed by atoms with Gasteiger partial charge in [0.2, 0.25) is 5.75 Å². The van der Waals surface area contributed by atoms with E-state index < -0.39 is 4.92 Å². The Kier molecular flexibility index (Phi) is 3.95. The van der Waals surface area contributed by atoms with Crippen molar-refractivity contribution in [1.82, 2.24) is 0 Å². The van der Waals surface area contributed by atoms with Gasteiger partial charge in [-0.05, 0) is 6.07 Å². The van der Waals surface area contributed by atoms with Crippen LogP contribution >= 0.6 is 11.6 Å². The second kappa shape index (κ2) is 5.23. The number of halogens is 1. The van der Waals surface area contributed by atoms with Gasteiger partial charge in [0.1, 0.15) is 0 Å². The van der Waals surface area contributed by atoms with Crippen LogP contribution in [0.2, 0.25) is 5.02 Å². The molecular weight excluding hydrogens is 218 g/mol. The van der Waals surface area contributed by atoms with Crippen LogP contribution in [0.15, 0.2) is 18.2 Å². The molecule has 0 N–H and O–H groups in total. The summed E-state index contributed by atoms with van der Waals surface area (Å²) >= 11 is 5.77. The molecule has 1 aromatic rings. The quantitative estimate of drug-likeness (QED) is 0.343. The molecule has 0 spiro atoms. The Labute approximate surface area is 92.0 Å². The van der Waals surface area contributed by atoms with Crippen molar-refractivity contribution in [3.8, 4) is 18.1 Å². The number of nitro benzene ring substituents is 1. The van der Waals surface area contributed by atoms with E-state index in [1.807, 2.05) is 0 Å². The van der Waals surface area contributed by atoms with E-state index in [0.29, 0.717) is 6.42 Å². The van der Waals surface area contributed by atoms with Crippen molar-refractivity contribution in [2.24, 2.45) is 0 Å². The van der Waals surface area contributed by atoms with Gasteiger partial charge in [-0.2, -0.15) is 0 Å². The molecule has 4 nitrogen and oxygen atoms in total. The molecule has 5 heteroatoms. The number of hydrogen-bond donors (Lipinski definition) is 0. The van der Waals surface area contributed by atoms with Crippen LogP contribution in [0, 0.1) is 22.5 Å². The number of para-hydroxylation sites is 1. The largest absolute Gasteiger partial charge is 0.485 e. The highest BCUT2D eigenvalue weighted by atomic mass is 35.5. The van der Waals surface area contributed by atoms with Gasteiger partial charge in [0.25, 0.3) is 0 Å². The van der Waals surface area contributed by atoms with E-state index in [-0.39, 0.29) is 23.1 Å². The average molecular weight is 226 g/mol. The maximum Gasteiger partial charge on any atom is 0.312 e. The summed E-state index contributed by atoms with van der Waals surface area (Å²) in [5.74, 6) is 2.44. The van der Waals surface area contributed by atoms with Gasteiger partial charge in [-0.15, -0.1) is 12.3 Å². The van der Waals surface area contributed by atoms with Gasteiger partial charge in [0, 0.05) is 12.5 Å². The molecule has 78 valence electrons. The lowest BCUT2D eigenvalue weighted by atomic mass is 10.3. The Hall–Kier alpha value is -1.73. The van der Waals surface area contributed by atoms with E-state index >= 15 is 0 Å². The van der Waals surface area contributed by atoms with E-state index in [1.165, 1.54) is 18.2 Å². The minimum Gasteiger partial charge on any atom is -0.485 e. The molecule has 0 amide bonds. The monoisotopic (exact) mass is 225 g/mol. The van der Waals surface area contributed by atoms with Crippen LogP contribution in [0.1, 0.15) is 6.42 Å². The summed E-state index contributed by atoms with van der Waals surface area (Å²) in [6.07, 6.45) is 5.41. The van der Waals surface area contributed by atoms with Crippen molar-refractivity contribution in [1.29, 1.82) is 0 Å². The summed E-state index contributed by atoms with van der Waals surface area (Å²) in [5.41, 5.74) is -0.153. The number of terminal acetylenes is 1. The maximum atomic E-state index is 10.6. The van der Waals surface area contributed by atoms with Gasteiger partial charge >= 0.3 is 5.69 Å². The molecule has 15 heavy (non-hydrogen) atoms. The third-order valence-electron chi connectivity index (χ3n) is 1.64. The molecule has 0 saturated carbocycles. The Bertz CT molecular complexity index is 412. The fourth-order valence-electron chi connectivity index (χ4n) is 0.996. The first-order valence-corrected chi connectivity index (χ1v) is 4.53. The van der Waals surface area contributed by atoms with E-state index in [1.54, 1.807) is 0 Å². The van der Waals surface area contributed by atoms with Gasteiger partial charge in [0.15, 0.2) is 0 Å². The van der Waals surface area contributed by atoms with Crippen LogP contribution in [0.5, 0.6) is 5.75 Å². The highest BCUT2D eigenvalue weighted by molar-refractivity contribution is 6.32. The van der Waals surface area contributed by atoms with E-state index in [0.717, 1.165) is 0 Å². The number of hydrogen-bond acceptors (Lipinski definition) is 3. The molecule has 0 fully saturated rings. The number of ether oxygens (including phenoxy) is 1. The van der Waals surface area contributed by atoms with Gasteiger partial charge in [-0.1, -0.05) is 17.7 Å². The predicted molar refractivity (Wildman–Crippen MR) is 57.1 cm³/mol. The van der Waals surface area contributed by atoms with Crippen molar-refractivity contribution in [2.75, 3.05) is 6.61 Å². The van der Waals surface area contributed by atoms with Gasteiger partial charge < -0.3 is 4.74 Å². The summed E-state index contributed by atoms with van der Waals surface area (Å²) in [6, 6.07) is 4.35.